The summed E-state index contributed by atoms with van der Waals surface area (Å²) in [4.78, 5) is 0. The Morgan fingerprint density at radius 1 is 1.29 bits per heavy atom. The van der Waals surface area contributed by atoms with Crippen LogP contribution in [0.2, 0.25) is 0 Å². The molecule has 1 N–H and O–H groups in total. The van der Waals surface area contributed by atoms with Gasteiger partial charge in [0.15, 0.2) is 0 Å². The molecule has 1 saturated carbocycles. The summed E-state index contributed by atoms with van der Waals surface area (Å²) in [6.45, 7) is 12.5. The molecule has 2 unspecified atom stereocenters. The van der Waals surface area contributed by atoms with Gasteiger partial charge in [-0.05, 0) is 48.8 Å². The van der Waals surface area contributed by atoms with E-state index in [4.69, 9.17) is 4.74 Å². The SMILES string of the molecule is CCCNC1C(Oc2ccccc2C(C)C)CCC1(C)C. The van der Waals surface area contributed by atoms with Crippen LogP contribution in [0.1, 0.15) is 65.4 Å². The average molecular weight is 289 g/mol. The number of hydrogen-bond donors (Lipinski definition) is 1. The Kier molecular flexibility index (Phi) is 5.32. The highest BCUT2D eigenvalue weighted by molar-refractivity contribution is 5.36. The van der Waals surface area contributed by atoms with Gasteiger partial charge in [0.05, 0.1) is 0 Å². The fraction of sp³-hybridized carbons (Fsp3) is 0.684. The van der Waals surface area contributed by atoms with Crippen molar-refractivity contribution in [1.29, 1.82) is 0 Å². The first-order chi connectivity index (χ1) is 9.95. The molecule has 0 radical (unpaired) electrons. The molecule has 1 fully saturated rings. The summed E-state index contributed by atoms with van der Waals surface area (Å²) in [7, 11) is 0. The quantitative estimate of drug-likeness (QED) is 0.816. The second-order valence-electron chi connectivity index (χ2n) is 7.31. The highest BCUT2D eigenvalue weighted by atomic mass is 16.5. The predicted molar refractivity (Wildman–Crippen MR) is 90.0 cm³/mol. The van der Waals surface area contributed by atoms with Crippen molar-refractivity contribution >= 4 is 0 Å². The summed E-state index contributed by atoms with van der Waals surface area (Å²) in [5.74, 6) is 1.57. The van der Waals surface area contributed by atoms with Crippen molar-refractivity contribution in [3.05, 3.63) is 29.8 Å². The third kappa shape index (κ3) is 3.79. The molecule has 0 heterocycles. The van der Waals surface area contributed by atoms with E-state index in [1.165, 1.54) is 18.4 Å². The minimum atomic E-state index is 0.284. The van der Waals surface area contributed by atoms with E-state index in [1.807, 2.05) is 0 Å². The molecule has 2 rings (SSSR count). The lowest BCUT2D eigenvalue weighted by Gasteiger charge is -2.32. The first-order valence-electron chi connectivity index (χ1n) is 8.44. The molecule has 0 saturated heterocycles. The van der Waals surface area contributed by atoms with Gasteiger partial charge in [-0.3, -0.25) is 0 Å². The van der Waals surface area contributed by atoms with E-state index in [2.05, 4.69) is 64.2 Å². The third-order valence-electron chi connectivity index (χ3n) is 4.72. The molecule has 0 aliphatic heterocycles. The molecule has 0 amide bonds. The van der Waals surface area contributed by atoms with Crippen molar-refractivity contribution in [2.45, 2.75) is 71.9 Å². The Morgan fingerprint density at radius 3 is 2.67 bits per heavy atom. The summed E-state index contributed by atoms with van der Waals surface area (Å²) in [6.07, 6.45) is 3.82. The minimum absolute atomic E-state index is 0.284. The minimum Gasteiger partial charge on any atom is -0.488 e. The van der Waals surface area contributed by atoms with Crippen LogP contribution >= 0.6 is 0 Å². The topological polar surface area (TPSA) is 21.3 Å². The van der Waals surface area contributed by atoms with Crippen LogP contribution in [0.3, 0.4) is 0 Å². The zero-order chi connectivity index (χ0) is 15.5. The van der Waals surface area contributed by atoms with Crippen LogP contribution in [0, 0.1) is 5.41 Å². The molecule has 1 aromatic carbocycles. The van der Waals surface area contributed by atoms with E-state index < -0.39 is 0 Å². The molecule has 1 aromatic rings. The maximum Gasteiger partial charge on any atom is 0.123 e. The van der Waals surface area contributed by atoms with Crippen molar-refractivity contribution < 1.29 is 4.74 Å². The molecule has 0 spiro atoms. The molecule has 0 bridgehead atoms. The lowest BCUT2D eigenvalue weighted by atomic mass is 9.87. The number of benzene rings is 1. The van der Waals surface area contributed by atoms with Gasteiger partial charge < -0.3 is 10.1 Å². The largest absolute Gasteiger partial charge is 0.488 e. The molecule has 1 aliphatic rings. The zero-order valence-electron chi connectivity index (χ0n) is 14.3. The Bertz CT molecular complexity index is 453. The summed E-state index contributed by atoms with van der Waals surface area (Å²) in [5, 5.41) is 3.72. The highest BCUT2D eigenvalue weighted by Crippen LogP contribution is 2.40. The second-order valence-corrected chi connectivity index (χ2v) is 7.31. The fourth-order valence-corrected chi connectivity index (χ4v) is 3.40. The van der Waals surface area contributed by atoms with Crippen molar-refractivity contribution in [3.63, 3.8) is 0 Å². The first-order valence-corrected chi connectivity index (χ1v) is 8.44. The predicted octanol–water partition coefficient (Wildman–Crippen LogP) is 4.75. The Hall–Kier alpha value is -1.02. The highest BCUT2D eigenvalue weighted by Gasteiger charge is 2.43. The molecule has 2 nitrogen and oxygen atoms in total. The second kappa shape index (κ2) is 6.83. The average Bonchev–Trinajstić information content (AvgIpc) is 2.72. The van der Waals surface area contributed by atoms with Crippen LogP contribution in [0.25, 0.3) is 0 Å². The molecule has 2 heteroatoms. The molecule has 118 valence electrons. The Balaban J connectivity index is 2.14. The molecule has 2 atom stereocenters. The van der Waals surface area contributed by atoms with E-state index in [0.717, 1.165) is 18.7 Å². The Morgan fingerprint density at radius 2 is 2.00 bits per heavy atom. The molecule has 1 aliphatic carbocycles. The van der Waals surface area contributed by atoms with Gasteiger partial charge in [0.25, 0.3) is 0 Å². The first kappa shape index (κ1) is 16.4. The van der Waals surface area contributed by atoms with Gasteiger partial charge in [0.2, 0.25) is 0 Å². The standard InChI is InChI=1S/C19H31NO/c1-6-13-20-18-17(11-12-19(18,4)5)21-16-10-8-7-9-15(16)14(2)3/h7-10,14,17-18,20H,6,11-13H2,1-5H3. The maximum absolute atomic E-state index is 6.45. The van der Waals surface area contributed by atoms with Crippen LogP contribution < -0.4 is 10.1 Å². The van der Waals surface area contributed by atoms with Gasteiger partial charge >= 0.3 is 0 Å². The number of nitrogens with one attached hydrogen (secondary N) is 1. The van der Waals surface area contributed by atoms with Gasteiger partial charge in [0, 0.05) is 6.04 Å². The third-order valence-corrected chi connectivity index (χ3v) is 4.72. The van der Waals surface area contributed by atoms with E-state index in [1.54, 1.807) is 0 Å². The number of hydrogen-bond acceptors (Lipinski definition) is 2. The maximum atomic E-state index is 6.45. The van der Waals surface area contributed by atoms with E-state index in [9.17, 15) is 0 Å². The van der Waals surface area contributed by atoms with Gasteiger partial charge in [-0.2, -0.15) is 0 Å². The normalized spacial score (nSPS) is 24.5. The number of ether oxygens (including phenoxy) is 1. The van der Waals surface area contributed by atoms with Crippen molar-refractivity contribution in [2.75, 3.05) is 6.54 Å². The van der Waals surface area contributed by atoms with Crippen LogP contribution in [0.15, 0.2) is 24.3 Å². The lowest BCUT2D eigenvalue weighted by molar-refractivity contribution is 0.139. The monoisotopic (exact) mass is 289 g/mol. The number of rotatable bonds is 6. The molecule has 21 heavy (non-hydrogen) atoms. The Labute approximate surface area is 130 Å². The summed E-state index contributed by atoms with van der Waals surface area (Å²) in [6, 6.07) is 8.94. The van der Waals surface area contributed by atoms with Gasteiger partial charge in [-0.1, -0.05) is 52.8 Å². The van der Waals surface area contributed by atoms with Gasteiger partial charge in [-0.25, -0.2) is 0 Å². The summed E-state index contributed by atoms with van der Waals surface area (Å²) in [5.41, 5.74) is 1.63. The van der Waals surface area contributed by atoms with Gasteiger partial charge in [0.1, 0.15) is 11.9 Å². The van der Waals surface area contributed by atoms with Crippen molar-refractivity contribution in [3.8, 4) is 5.75 Å². The van der Waals surface area contributed by atoms with E-state index in [-0.39, 0.29) is 6.10 Å². The summed E-state index contributed by atoms with van der Waals surface area (Å²) < 4.78 is 6.45. The van der Waals surface area contributed by atoms with Crippen LogP contribution in [0.5, 0.6) is 5.75 Å². The molecular formula is C19H31NO. The van der Waals surface area contributed by atoms with Crippen molar-refractivity contribution in [2.24, 2.45) is 5.41 Å². The number of para-hydroxylation sites is 1. The van der Waals surface area contributed by atoms with Crippen molar-refractivity contribution in [1.82, 2.24) is 5.32 Å². The smallest absolute Gasteiger partial charge is 0.123 e. The zero-order valence-corrected chi connectivity index (χ0v) is 14.3. The van der Waals surface area contributed by atoms with Crippen LogP contribution in [-0.4, -0.2) is 18.7 Å². The van der Waals surface area contributed by atoms with Crippen LogP contribution in [-0.2, 0) is 0 Å². The molecular weight excluding hydrogens is 258 g/mol. The van der Waals surface area contributed by atoms with E-state index >= 15 is 0 Å². The molecule has 0 aromatic heterocycles. The summed E-state index contributed by atoms with van der Waals surface area (Å²) >= 11 is 0. The van der Waals surface area contributed by atoms with Gasteiger partial charge in [-0.15, -0.1) is 0 Å². The lowest BCUT2D eigenvalue weighted by Crippen LogP contribution is -2.47. The van der Waals surface area contributed by atoms with Crippen LogP contribution in [0.4, 0.5) is 0 Å². The fourth-order valence-electron chi connectivity index (χ4n) is 3.40. The van der Waals surface area contributed by atoms with E-state index in [0.29, 0.717) is 17.4 Å².